The number of ether oxygens (including phenoxy) is 2. The Balaban J connectivity index is 1.02. The number of piperidine rings is 1. The number of hydrogen-bond acceptors (Lipinski definition) is 5. The van der Waals surface area contributed by atoms with Crippen LogP contribution >= 0.6 is 0 Å². The van der Waals surface area contributed by atoms with E-state index in [0.29, 0.717) is 84.2 Å². The molecule has 9 nitrogen and oxygen atoms in total. The van der Waals surface area contributed by atoms with E-state index in [9.17, 15) is 27.6 Å². The van der Waals surface area contributed by atoms with Crippen LogP contribution in [-0.2, 0) is 14.3 Å². The van der Waals surface area contributed by atoms with Gasteiger partial charge >= 0.3 is 18.5 Å². The highest BCUT2D eigenvalue weighted by Gasteiger charge is 2.46. The summed E-state index contributed by atoms with van der Waals surface area (Å²) in [6.07, 6.45) is -2.18. The summed E-state index contributed by atoms with van der Waals surface area (Å²) in [7, 11) is 0. The van der Waals surface area contributed by atoms with Gasteiger partial charge in [0.15, 0.2) is 0 Å². The lowest BCUT2D eigenvalue weighted by Crippen LogP contribution is -2.53. The molecule has 0 radical (unpaired) electrons. The first-order chi connectivity index (χ1) is 16.6. The number of urea groups is 1. The van der Waals surface area contributed by atoms with Crippen LogP contribution in [0.1, 0.15) is 44.9 Å². The number of likely N-dealkylation sites (tertiary alicyclic amines) is 3. The molecular formula is C23H33F3N4O5. The molecule has 4 atom stereocenters. The zero-order valence-electron chi connectivity index (χ0n) is 19.7. The second kappa shape index (κ2) is 9.67. The number of nitrogens with one attached hydrogen (secondary N) is 1. The average Bonchev–Trinajstić information content (AvgIpc) is 3.48. The molecular weight excluding hydrogens is 469 g/mol. The van der Waals surface area contributed by atoms with E-state index in [4.69, 9.17) is 4.74 Å². The van der Waals surface area contributed by atoms with Crippen molar-refractivity contribution in [2.45, 2.75) is 69.6 Å². The number of halogens is 3. The van der Waals surface area contributed by atoms with Crippen LogP contribution in [0.15, 0.2) is 0 Å². The lowest BCUT2D eigenvalue weighted by Gasteiger charge is -2.35. The Kier molecular flexibility index (Phi) is 6.75. The first-order valence-electron chi connectivity index (χ1n) is 12.7. The molecule has 35 heavy (non-hydrogen) atoms. The predicted octanol–water partition coefficient (Wildman–Crippen LogP) is 2.55. The van der Waals surface area contributed by atoms with E-state index in [-0.39, 0.29) is 41.8 Å². The number of amides is 4. The summed E-state index contributed by atoms with van der Waals surface area (Å²) in [6, 6.07) is -0.0453. The molecule has 1 saturated carbocycles. The molecule has 12 heteroatoms. The number of carbonyl (C=O) groups excluding carboxylic acids is 3. The van der Waals surface area contributed by atoms with Gasteiger partial charge < -0.3 is 24.8 Å². The molecule has 4 saturated heterocycles. The van der Waals surface area contributed by atoms with Crippen molar-refractivity contribution < 1.29 is 37.0 Å². The van der Waals surface area contributed by atoms with Gasteiger partial charge in [0.25, 0.3) is 0 Å². The highest BCUT2D eigenvalue weighted by molar-refractivity contribution is 5.77. The summed E-state index contributed by atoms with van der Waals surface area (Å²) < 4.78 is 46.5. The molecule has 196 valence electrons. The lowest BCUT2D eigenvalue weighted by molar-refractivity contribution is -0.345. The summed E-state index contributed by atoms with van der Waals surface area (Å²) in [5.74, 6) is 0.895. The Labute approximate surface area is 202 Å². The molecule has 4 heterocycles. The largest absolute Gasteiger partial charge is 0.522 e. The van der Waals surface area contributed by atoms with Crippen LogP contribution in [0.4, 0.5) is 22.8 Å². The van der Waals surface area contributed by atoms with E-state index < -0.39 is 18.6 Å². The smallest absolute Gasteiger partial charge is 0.442 e. The van der Waals surface area contributed by atoms with Gasteiger partial charge in [0, 0.05) is 51.0 Å². The molecule has 0 aromatic heterocycles. The van der Waals surface area contributed by atoms with Gasteiger partial charge in [-0.05, 0) is 44.4 Å². The Morgan fingerprint density at radius 2 is 1.60 bits per heavy atom. The second-order valence-electron chi connectivity index (χ2n) is 10.7. The van der Waals surface area contributed by atoms with Crippen LogP contribution in [0, 0.1) is 17.8 Å². The normalized spacial score (nSPS) is 34.9. The number of fused-ring (bicyclic) bond motifs is 2. The SMILES string of the molecule is O=C1NC2CCN(C(=O)N3CC4CN(C(=O)CCC5CCC(OC(F)(F)F)CC5)CC4C3)CC2O1. The first-order valence-corrected chi connectivity index (χ1v) is 12.7. The molecule has 0 aromatic carbocycles. The topological polar surface area (TPSA) is 91.4 Å². The molecule has 5 fully saturated rings. The van der Waals surface area contributed by atoms with Crippen molar-refractivity contribution in [1.29, 1.82) is 0 Å². The summed E-state index contributed by atoms with van der Waals surface area (Å²) in [4.78, 5) is 42.8. The van der Waals surface area contributed by atoms with Crippen LogP contribution in [0.5, 0.6) is 0 Å². The van der Waals surface area contributed by atoms with E-state index in [1.54, 1.807) is 4.90 Å². The van der Waals surface area contributed by atoms with Crippen LogP contribution in [0.25, 0.3) is 0 Å². The van der Waals surface area contributed by atoms with E-state index >= 15 is 0 Å². The minimum Gasteiger partial charge on any atom is -0.442 e. The molecule has 4 unspecified atom stereocenters. The van der Waals surface area contributed by atoms with Crippen molar-refractivity contribution in [2.75, 3.05) is 39.3 Å². The van der Waals surface area contributed by atoms with Crippen LogP contribution in [0.2, 0.25) is 0 Å². The second-order valence-corrected chi connectivity index (χ2v) is 10.7. The predicted molar refractivity (Wildman–Crippen MR) is 116 cm³/mol. The van der Waals surface area contributed by atoms with Gasteiger partial charge in [0.1, 0.15) is 6.10 Å². The molecule has 0 aromatic rings. The quantitative estimate of drug-likeness (QED) is 0.638. The number of alkyl carbamates (subject to hydrolysis) is 1. The molecule has 5 aliphatic rings. The monoisotopic (exact) mass is 502 g/mol. The van der Waals surface area contributed by atoms with Crippen LogP contribution in [-0.4, -0.2) is 96.6 Å². The number of alkyl halides is 3. The molecule has 0 spiro atoms. The number of carbonyl (C=O) groups is 3. The van der Waals surface area contributed by atoms with Gasteiger partial charge in [-0.25, -0.2) is 9.59 Å². The molecule has 4 amide bonds. The zero-order chi connectivity index (χ0) is 24.7. The van der Waals surface area contributed by atoms with Crippen molar-refractivity contribution >= 4 is 18.0 Å². The van der Waals surface area contributed by atoms with E-state index in [1.807, 2.05) is 9.80 Å². The molecule has 1 N–H and O–H groups in total. The zero-order valence-corrected chi connectivity index (χ0v) is 19.7. The maximum atomic E-state index is 13.0. The summed E-state index contributed by atoms with van der Waals surface area (Å²) in [5, 5.41) is 2.78. The third-order valence-corrected chi connectivity index (χ3v) is 8.36. The Hall–Kier alpha value is -2.24. The summed E-state index contributed by atoms with van der Waals surface area (Å²) in [5.41, 5.74) is 0. The van der Waals surface area contributed by atoms with E-state index in [1.165, 1.54) is 0 Å². The fraction of sp³-hybridized carbons (Fsp3) is 0.870. The van der Waals surface area contributed by atoms with Gasteiger partial charge in [-0.1, -0.05) is 0 Å². The minimum atomic E-state index is -4.58. The van der Waals surface area contributed by atoms with Gasteiger partial charge in [-0.2, -0.15) is 0 Å². The van der Waals surface area contributed by atoms with Crippen molar-refractivity contribution in [3.8, 4) is 0 Å². The van der Waals surface area contributed by atoms with E-state index in [2.05, 4.69) is 10.1 Å². The molecule has 0 bridgehead atoms. The van der Waals surface area contributed by atoms with Gasteiger partial charge in [-0.3, -0.25) is 9.53 Å². The van der Waals surface area contributed by atoms with Crippen molar-refractivity contribution in [3.63, 3.8) is 0 Å². The Morgan fingerprint density at radius 1 is 0.943 bits per heavy atom. The first kappa shape index (κ1) is 24.5. The molecule has 5 rings (SSSR count). The maximum Gasteiger partial charge on any atom is 0.522 e. The maximum absolute atomic E-state index is 13.0. The van der Waals surface area contributed by atoms with E-state index in [0.717, 1.165) is 0 Å². The van der Waals surface area contributed by atoms with Crippen molar-refractivity contribution in [2.24, 2.45) is 17.8 Å². The highest BCUT2D eigenvalue weighted by atomic mass is 19.4. The fourth-order valence-electron chi connectivity index (χ4n) is 6.46. The third kappa shape index (κ3) is 5.62. The van der Waals surface area contributed by atoms with Crippen molar-refractivity contribution in [1.82, 2.24) is 20.0 Å². The highest BCUT2D eigenvalue weighted by Crippen LogP contribution is 2.35. The molecule has 1 aliphatic carbocycles. The standard InChI is InChI=1S/C23H33F3N4O5/c24-23(25,26)35-17-4-1-14(2-5-17)3-6-20(31)29-9-15-11-30(12-16(15)10-29)22(33)28-8-7-18-19(13-28)34-21(32)27-18/h14-19H,1-13H2,(H,27,32). The van der Waals surface area contributed by atoms with Crippen molar-refractivity contribution in [3.05, 3.63) is 0 Å². The summed E-state index contributed by atoms with van der Waals surface area (Å²) in [6.45, 7) is 3.53. The number of hydrogen-bond donors (Lipinski definition) is 1. The van der Waals surface area contributed by atoms with Gasteiger partial charge in [0.05, 0.1) is 18.7 Å². The van der Waals surface area contributed by atoms with Crippen LogP contribution in [0.3, 0.4) is 0 Å². The minimum absolute atomic E-state index is 0.0210. The van der Waals surface area contributed by atoms with Gasteiger partial charge in [-0.15, -0.1) is 13.2 Å². The van der Waals surface area contributed by atoms with Crippen LogP contribution < -0.4 is 5.32 Å². The molecule has 4 aliphatic heterocycles. The van der Waals surface area contributed by atoms with Gasteiger partial charge in [0.2, 0.25) is 5.91 Å². The average molecular weight is 503 g/mol. The fourth-order valence-corrected chi connectivity index (χ4v) is 6.46. The lowest BCUT2D eigenvalue weighted by atomic mass is 9.84. The number of nitrogens with zero attached hydrogens (tertiary/aromatic N) is 3. The Morgan fingerprint density at radius 3 is 2.26 bits per heavy atom. The Bertz CT molecular complexity index is 820. The summed E-state index contributed by atoms with van der Waals surface area (Å²) >= 11 is 0. The number of rotatable bonds is 4. The third-order valence-electron chi connectivity index (χ3n) is 8.36.